The van der Waals surface area contributed by atoms with Crippen molar-refractivity contribution < 1.29 is 14.2 Å². The monoisotopic (exact) mass is 267 g/mol. The molecule has 0 fully saturated rings. The van der Waals surface area contributed by atoms with E-state index in [1.54, 1.807) is 12.1 Å². The highest BCUT2D eigenvalue weighted by Gasteiger charge is 2.22. The van der Waals surface area contributed by atoms with Gasteiger partial charge in [0.25, 0.3) is 0 Å². The highest BCUT2D eigenvalue weighted by atomic mass is 19.1. The number of hydrogen-bond acceptors (Lipinski definition) is 3. The maximum Gasteiger partial charge on any atom is 0.124 e. The van der Waals surface area contributed by atoms with Crippen molar-refractivity contribution in [2.75, 3.05) is 13.2 Å². The molecule has 0 spiro atoms. The van der Waals surface area contributed by atoms with E-state index in [9.17, 15) is 4.39 Å². The lowest BCUT2D eigenvalue weighted by Crippen LogP contribution is -2.33. The molecule has 0 aliphatic carbocycles. The number of halogens is 1. The van der Waals surface area contributed by atoms with Gasteiger partial charge in [0.15, 0.2) is 0 Å². The summed E-state index contributed by atoms with van der Waals surface area (Å²) < 4.78 is 19.1. The van der Waals surface area contributed by atoms with Crippen LogP contribution in [0.15, 0.2) is 18.2 Å². The first kappa shape index (κ1) is 14.3. The number of benzene rings is 1. The Hall–Kier alpha value is -1.13. The smallest absolute Gasteiger partial charge is 0.124 e. The zero-order valence-electron chi connectivity index (χ0n) is 11.4. The van der Waals surface area contributed by atoms with Gasteiger partial charge in [-0.25, -0.2) is 4.39 Å². The van der Waals surface area contributed by atoms with Crippen molar-refractivity contribution in [1.29, 1.82) is 0 Å². The summed E-state index contributed by atoms with van der Waals surface area (Å²) in [5, 5.41) is 12.6. The van der Waals surface area contributed by atoms with Gasteiger partial charge in [-0.1, -0.05) is 6.92 Å². The van der Waals surface area contributed by atoms with Crippen LogP contribution < -0.4 is 10.1 Å². The summed E-state index contributed by atoms with van der Waals surface area (Å²) in [4.78, 5) is 0. The Bertz CT molecular complexity index is 411. The number of rotatable bonds is 5. The predicted octanol–water partition coefficient (Wildman–Crippen LogP) is 2.79. The average molecular weight is 267 g/mol. The SMILES string of the molecule is CCC(CCO)NC1CCCOc2ccc(F)cc21. The maximum atomic E-state index is 13.4. The van der Waals surface area contributed by atoms with Gasteiger partial charge in [0.2, 0.25) is 0 Å². The van der Waals surface area contributed by atoms with Gasteiger partial charge in [0, 0.05) is 24.3 Å². The topological polar surface area (TPSA) is 41.5 Å². The van der Waals surface area contributed by atoms with Gasteiger partial charge in [0.1, 0.15) is 11.6 Å². The molecule has 1 aromatic carbocycles. The summed E-state index contributed by atoms with van der Waals surface area (Å²) in [5.74, 6) is 0.543. The lowest BCUT2D eigenvalue weighted by molar-refractivity contribution is 0.253. The Labute approximate surface area is 113 Å². The van der Waals surface area contributed by atoms with Crippen molar-refractivity contribution >= 4 is 0 Å². The van der Waals surface area contributed by atoms with Crippen molar-refractivity contribution in [2.24, 2.45) is 0 Å². The van der Waals surface area contributed by atoms with Crippen LogP contribution >= 0.6 is 0 Å². The van der Waals surface area contributed by atoms with Crippen molar-refractivity contribution in [1.82, 2.24) is 5.32 Å². The summed E-state index contributed by atoms with van der Waals surface area (Å²) in [6.07, 6.45) is 3.54. The second kappa shape index (κ2) is 6.87. The summed E-state index contributed by atoms with van der Waals surface area (Å²) >= 11 is 0. The Balaban J connectivity index is 2.18. The van der Waals surface area contributed by atoms with Crippen LogP contribution in [0.2, 0.25) is 0 Å². The molecule has 19 heavy (non-hydrogen) atoms. The fourth-order valence-electron chi connectivity index (χ4n) is 2.57. The molecular weight excluding hydrogens is 245 g/mol. The first-order valence-electron chi connectivity index (χ1n) is 7.03. The van der Waals surface area contributed by atoms with E-state index >= 15 is 0 Å². The second-order valence-corrected chi connectivity index (χ2v) is 5.01. The van der Waals surface area contributed by atoms with Crippen LogP contribution in [0.1, 0.15) is 44.2 Å². The van der Waals surface area contributed by atoms with E-state index in [1.807, 2.05) is 0 Å². The summed E-state index contributed by atoms with van der Waals surface area (Å²) in [5.41, 5.74) is 0.897. The average Bonchev–Trinajstić information content (AvgIpc) is 2.61. The fourth-order valence-corrected chi connectivity index (χ4v) is 2.57. The van der Waals surface area contributed by atoms with E-state index in [1.165, 1.54) is 6.07 Å². The zero-order chi connectivity index (χ0) is 13.7. The van der Waals surface area contributed by atoms with Gasteiger partial charge in [-0.15, -0.1) is 0 Å². The van der Waals surface area contributed by atoms with Gasteiger partial charge in [-0.05, 0) is 43.9 Å². The van der Waals surface area contributed by atoms with Crippen LogP contribution in [0, 0.1) is 5.82 Å². The molecule has 1 aliphatic rings. The molecule has 2 rings (SSSR count). The standard InChI is InChI=1S/C15H22FNO2/c1-2-12(7-8-18)17-14-4-3-9-19-15-6-5-11(16)10-13(14)15/h5-6,10,12,14,17-18H,2-4,7-9H2,1H3. The molecule has 2 N–H and O–H groups in total. The molecule has 0 bridgehead atoms. The predicted molar refractivity (Wildman–Crippen MR) is 72.8 cm³/mol. The molecule has 0 radical (unpaired) electrons. The summed E-state index contributed by atoms with van der Waals surface area (Å²) in [7, 11) is 0. The van der Waals surface area contributed by atoms with Crippen molar-refractivity contribution in [2.45, 2.75) is 44.7 Å². The molecule has 0 saturated heterocycles. The van der Waals surface area contributed by atoms with Crippen LogP contribution in [-0.2, 0) is 0 Å². The van der Waals surface area contributed by atoms with Gasteiger partial charge in [0.05, 0.1) is 6.61 Å². The van der Waals surface area contributed by atoms with Gasteiger partial charge in [-0.2, -0.15) is 0 Å². The normalized spacial score (nSPS) is 20.3. The second-order valence-electron chi connectivity index (χ2n) is 5.01. The van der Waals surface area contributed by atoms with Crippen molar-refractivity contribution in [3.63, 3.8) is 0 Å². The van der Waals surface area contributed by atoms with E-state index in [-0.39, 0.29) is 24.5 Å². The maximum absolute atomic E-state index is 13.4. The highest BCUT2D eigenvalue weighted by Crippen LogP contribution is 2.32. The molecule has 2 atom stereocenters. The number of hydrogen-bond donors (Lipinski definition) is 2. The van der Waals surface area contributed by atoms with Crippen LogP contribution in [-0.4, -0.2) is 24.4 Å². The minimum absolute atomic E-state index is 0.102. The molecular formula is C15H22FNO2. The number of fused-ring (bicyclic) bond motifs is 1. The summed E-state index contributed by atoms with van der Waals surface area (Å²) in [6.45, 7) is 2.94. The van der Waals surface area contributed by atoms with E-state index in [0.717, 1.165) is 37.0 Å². The lowest BCUT2D eigenvalue weighted by Gasteiger charge is -2.24. The van der Waals surface area contributed by atoms with Gasteiger partial charge >= 0.3 is 0 Å². The minimum Gasteiger partial charge on any atom is -0.493 e. The lowest BCUT2D eigenvalue weighted by atomic mass is 9.99. The van der Waals surface area contributed by atoms with Crippen molar-refractivity contribution in [3.8, 4) is 5.75 Å². The van der Waals surface area contributed by atoms with E-state index in [2.05, 4.69) is 12.2 Å². The fraction of sp³-hybridized carbons (Fsp3) is 0.600. The first-order chi connectivity index (χ1) is 9.24. The number of aliphatic hydroxyl groups is 1. The minimum atomic E-state index is -0.230. The molecule has 0 aromatic heterocycles. The van der Waals surface area contributed by atoms with Crippen LogP contribution in [0.5, 0.6) is 5.75 Å². The van der Waals surface area contributed by atoms with Crippen LogP contribution in [0.25, 0.3) is 0 Å². The molecule has 106 valence electrons. The molecule has 2 unspecified atom stereocenters. The van der Waals surface area contributed by atoms with Crippen LogP contribution in [0.4, 0.5) is 4.39 Å². The highest BCUT2D eigenvalue weighted by molar-refractivity contribution is 5.37. The third kappa shape index (κ3) is 3.67. The Kier molecular flexibility index (Phi) is 5.16. The van der Waals surface area contributed by atoms with E-state index in [0.29, 0.717) is 6.61 Å². The zero-order valence-corrected chi connectivity index (χ0v) is 11.4. The molecule has 0 saturated carbocycles. The summed E-state index contributed by atoms with van der Waals surface area (Å²) in [6, 6.07) is 5.06. The molecule has 3 nitrogen and oxygen atoms in total. The molecule has 1 aromatic rings. The number of aliphatic hydroxyl groups excluding tert-OH is 1. The third-order valence-corrected chi connectivity index (χ3v) is 3.65. The largest absolute Gasteiger partial charge is 0.493 e. The van der Waals surface area contributed by atoms with Crippen molar-refractivity contribution in [3.05, 3.63) is 29.6 Å². The Morgan fingerprint density at radius 3 is 3.11 bits per heavy atom. The molecule has 4 heteroatoms. The molecule has 1 heterocycles. The van der Waals surface area contributed by atoms with Crippen LogP contribution in [0.3, 0.4) is 0 Å². The van der Waals surface area contributed by atoms with E-state index < -0.39 is 0 Å². The number of ether oxygens (including phenoxy) is 1. The Morgan fingerprint density at radius 2 is 2.37 bits per heavy atom. The Morgan fingerprint density at radius 1 is 1.53 bits per heavy atom. The quantitative estimate of drug-likeness (QED) is 0.862. The number of nitrogens with one attached hydrogen (secondary N) is 1. The molecule has 0 amide bonds. The van der Waals surface area contributed by atoms with E-state index in [4.69, 9.17) is 9.84 Å². The molecule has 1 aliphatic heterocycles. The van der Waals surface area contributed by atoms with Gasteiger partial charge < -0.3 is 15.2 Å². The van der Waals surface area contributed by atoms with Gasteiger partial charge in [-0.3, -0.25) is 0 Å². The third-order valence-electron chi connectivity index (χ3n) is 3.65. The first-order valence-corrected chi connectivity index (χ1v) is 7.03.